The maximum absolute atomic E-state index is 2.20. The molecule has 0 bridgehead atoms. The summed E-state index contributed by atoms with van der Waals surface area (Å²) >= 11 is 1.77. The second kappa shape index (κ2) is 5.74. The van der Waals surface area contributed by atoms with Gasteiger partial charge in [0, 0.05) is 4.90 Å². The molecule has 0 aliphatic heterocycles. The first kappa shape index (κ1) is 12.0. The number of rotatable bonds is 3. The zero-order chi connectivity index (χ0) is 12.1. The lowest BCUT2D eigenvalue weighted by molar-refractivity contribution is 1.45. The second-order valence-electron chi connectivity index (χ2n) is 4.02. The molecule has 0 saturated heterocycles. The van der Waals surface area contributed by atoms with Gasteiger partial charge in [-0.25, -0.2) is 0 Å². The standard InChI is InChI=1S/C16H16S/c1-13-6-8-14(9-7-13)10-11-15-4-3-5-16(12-15)17-2/h3-12H,1-2H3/b11-10+. The van der Waals surface area contributed by atoms with E-state index in [1.807, 2.05) is 0 Å². The van der Waals surface area contributed by atoms with E-state index in [1.165, 1.54) is 21.6 Å². The molecular weight excluding hydrogens is 224 g/mol. The molecule has 0 N–H and O–H groups in total. The maximum Gasteiger partial charge on any atom is 0.00750 e. The Morgan fingerprint density at radius 2 is 1.59 bits per heavy atom. The van der Waals surface area contributed by atoms with Gasteiger partial charge in [0.2, 0.25) is 0 Å². The number of benzene rings is 2. The Balaban J connectivity index is 2.16. The summed E-state index contributed by atoms with van der Waals surface area (Å²) in [7, 11) is 0. The van der Waals surface area contributed by atoms with Gasteiger partial charge in [0.1, 0.15) is 0 Å². The highest BCUT2D eigenvalue weighted by atomic mass is 32.2. The van der Waals surface area contributed by atoms with Gasteiger partial charge >= 0.3 is 0 Å². The van der Waals surface area contributed by atoms with E-state index in [0.717, 1.165) is 0 Å². The van der Waals surface area contributed by atoms with Crippen LogP contribution >= 0.6 is 11.8 Å². The molecule has 86 valence electrons. The van der Waals surface area contributed by atoms with Crippen LogP contribution in [-0.2, 0) is 0 Å². The summed E-state index contributed by atoms with van der Waals surface area (Å²) in [5, 5.41) is 0. The molecule has 0 amide bonds. The van der Waals surface area contributed by atoms with Crippen LogP contribution in [0.3, 0.4) is 0 Å². The Morgan fingerprint density at radius 3 is 2.29 bits per heavy atom. The number of hydrogen-bond donors (Lipinski definition) is 0. The van der Waals surface area contributed by atoms with Gasteiger partial charge in [-0.2, -0.15) is 0 Å². The van der Waals surface area contributed by atoms with Gasteiger partial charge in [-0.3, -0.25) is 0 Å². The molecule has 0 saturated carbocycles. The van der Waals surface area contributed by atoms with E-state index in [2.05, 4.69) is 73.9 Å². The van der Waals surface area contributed by atoms with E-state index in [-0.39, 0.29) is 0 Å². The van der Waals surface area contributed by atoms with Crippen LogP contribution in [0.5, 0.6) is 0 Å². The molecule has 0 unspecified atom stereocenters. The highest BCUT2D eigenvalue weighted by Gasteiger charge is 1.91. The zero-order valence-electron chi connectivity index (χ0n) is 10.2. The van der Waals surface area contributed by atoms with E-state index in [1.54, 1.807) is 11.8 Å². The lowest BCUT2D eigenvalue weighted by Gasteiger charge is -1.98. The van der Waals surface area contributed by atoms with Crippen LogP contribution in [0.1, 0.15) is 16.7 Å². The van der Waals surface area contributed by atoms with Crippen molar-refractivity contribution in [1.82, 2.24) is 0 Å². The minimum atomic E-state index is 1.24. The minimum Gasteiger partial charge on any atom is -0.130 e. The van der Waals surface area contributed by atoms with Gasteiger partial charge in [0.15, 0.2) is 0 Å². The molecule has 1 heteroatoms. The average Bonchev–Trinajstić information content (AvgIpc) is 2.38. The van der Waals surface area contributed by atoms with Gasteiger partial charge in [-0.15, -0.1) is 11.8 Å². The fraction of sp³-hybridized carbons (Fsp3) is 0.125. The Labute approximate surface area is 107 Å². The van der Waals surface area contributed by atoms with E-state index >= 15 is 0 Å². The molecule has 0 nitrogen and oxygen atoms in total. The van der Waals surface area contributed by atoms with E-state index in [0.29, 0.717) is 0 Å². The van der Waals surface area contributed by atoms with Crippen molar-refractivity contribution < 1.29 is 0 Å². The lowest BCUT2D eigenvalue weighted by atomic mass is 10.1. The Bertz CT molecular complexity index is 509. The van der Waals surface area contributed by atoms with Gasteiger partial charge in [0.25, 0.3) is 0 Å². The topological polar surface area (TPSA) is 0 Å². The predicted octanol–water partition coefficient (Wildman–Crippen LogP) is 4.89. The third-order valence-corrected chi connectivity index (χ3v) is 3.36. The van der Waals surface area contributed by atoms with Crippen molar-refractivity contribution in [1.29, 1.82) is 0 Å². The summed E-state index contributed by atoms with van der Waals surface area (Å²) < 4.78 is 0. The van der Waals surface area contributed by atoms with Crippen LogP contribution in [0.4, 0.5) is 0 Å². The van der Waals surface area contributed by atoms with Crippen LogP contribution in [0.15, 0.2) is 53.4 Å². The molecule has 0 heterocycles. The van der Waals surface area contributed by atoms with Gasteiger partial charge < -0.3 is 0 Å². The molecule has 0 aromatic heterocycles. The SMILES string of the molecule is CSc1cccc(/C=C/c2ccc(C)cc2)c1. The number of hydrogen-bond acceptors (Lipinski definition) is 1. The Hall–Kier alpha value is -1.47. The molecule has 0 atom stereocenters. The van der Waals surface area contributed by atoms with Crippen molar-refractivity contribution in [2.45, 2.75) is 11.8 Å². The molecule has 2 aromatic rings. The zero-order valence-corrected chi connectivity index (χ0v) is 11.0. The average molecular weight is 240 g/mol. The van der Waals surface area contributed by atoms with Crippen LogP contribution in [0.2, 0.25) is 0 Å². The summed E-state index contributed by atoms with van der Waals surface area (Å²) in [6.07, 6.45) is 6.41. The summed E-state index contributed by atoms with van der Waals surface area (Å²) in [6, 6.07) is 17.1. The van der Waals surface area contributed by atoms with E-state index < -0.39 is 0 Å². The summed E-state index contributed by atoms with van der Waals surface area (Å²) in [5.41, 5.74) is 3.79. The number of aryl methyl sites for hydroxylation is 1. The van der Waals surface area contributed by atoms with Crippen molar-refractivity contribution >= 4 is 23.9 Å². The van der Waals surface area contributed by atoms with Gasteiger partial charge in [-0.05, 0) is 36.4 Å². The highest BCUT2D eigenvalue weighted by molar-refractivity contribution is 7.98. The number of thioether (sulfide) groups is 1. The third kappa shape index (κ3) is 3.50. The van der Waals surface area contributed by atoms with E-state index in [9.17, 15) is 0 Å². The van der Waals surface area contributed by atoms with Crippen LogP contribution in [-0.4, -0.2) is 6.26 Å². The molecule has 0 aliphatic carbocycles. The molecular formula is C16H16S. The van der Waals surface area contributed by atoms with Gasteiger partial charge in [-0.1, -0.05) is 54.1 Å². The van der Waals surface area contributed by atoms with Crippen LogP contribution in [0, 0.1) is 6.92 Å². The quantitative estimate of drug-likeness (QED) is 0.544. The molecule has 0 radical (unpaired) electrons. The second-order valence-corrected chi connectivity index (χ2v) is 4.90. The first-order chi connectivity index (χ1) is 8.28. The molecule has 2 rings (SSSR count). The van der Waals surface area contributed by atoms with Crippen LogP contribution in [0.25, 0.3) is 12.2 Å². The fourth-order valence-electron chi connectivity index (χ4n) is 1.62. The summed E-state index contributed by atoms with van der Waals surface area (Å²) in [6.45, 7) is 2.11. The normalized spacial score (nSPS) is 10.9. The van der Waals surface area contributed by atoms with Crippen molar-refractivity contribution in [3.8, 4) is 0 Å². The first-order valence-corrected chi connectivity index (χ1v) is 6.89. The first-order valence-electron chi connectivity index (χ1n) is 5.67. The molecule has 0 spiro atoms. The van der Waals surface area contributed by atoms with Crippen molar-refractivity contribution in [2.24, 2.45) is 0 Å². The predicted molar refractivity (Wildman–Crippen MR) is 78.3 cm³/mol. The lowest BCUT2D eigenvalue weighted by Crippen LogP contribution is -1.75. The molecule has 17 heavy (non-hydrogen) atoms. The summed E-state index contributed by atoms with van der Waals surface area (Å²) in [5.74, 6) is 0. The molecule has 0 fully saturated rings. The Morgan fingerprint density at radius 1 is 0.882 bits per heavy atom. The largest absolute Gasteiger partial charge is 0.130 e. The fourth-order valence-corrected chi connectivity index (χ4v) is 2.08. The maximum atomic E-state index is 2.20. The molecule has 0 aliphatic rings. The van der Waals surface area contributed by atoms with Gasteiger partial charge in [0.05, 0.1) is 0 Å². The van der Waals surface area contributed by atoms with Crippen molar-refractivity contribution in [3.63, 3.8) is 0 Å². The monoisotopic (exact) mass is 240 g/mol. The third-order valence-electron chi connectivity index (χ3n) is 2.64. The highest BCUT2D eigenvalue weighted by Crippen LogP contribution is 2.17. The van der Waals surface area contributed by atoms with Crippen molar-refractivity contribution in [2.75, 3.05) is 6.26 Å². The Kier molecular flexibility index (Phi) is 4.05. The smallest absolute Gasteiger partial charge is 0.00750 e. The van der Waals surface area contributed by atoms with E-state index in [4.69, 9.17) is 0 Å². The van der Waals surface area contributed by atoms with Crippen LogP contribution < -0.4 is 0 Å². The minimum absolute atomic E-state index is 1.24. The summed E-state index contributed by atoms with van der Waals surface area (Å²) in [4.78, 5) is 1.30. The van der Waals surface area contributed by atoms with Crippen molar-refractivity contribution in [3.05, 3.63) is 65.2 Å². The molecule has 2 aromatic carbocycles.